The first kappa shape index (κ1) is 28.6. The fourth-order valence-corrected chi connectivity index (χ4v) is 7.29. The lowest BCUT2D eigenvalue weighted by atomic mass is 9.65. The molecule has 3 saturated heterocycles. The molecule has 1 aromatic carbocycles. The van der Waals surface area contributed by atoms with Crippen molar-refractivity contribution in [1.82, 2.24) is 15.5 Å². The van der Waals surface area contributed by atoms with E-state index in [1.807, 2.05) is 58.0 Å². The van der Waals surface area contributed by atoms with Gasteiger partial charge < -0.3 is 25.4 Å². The predicted molar refractivity (Wildman–Crippen MR) is 145 cm³/mol. The number of fused-ring (bicyclic) bond motifs is 1. The molecule has 3 heterocycles. The van der Waals surface area contributed by atoms with Crippen LogP contribution in [0.1, 0.15) is 78.7 Å². The highest BCUT2D eigenvalue weighted by Gasteiger charge is 2.79. The lowest BCUT2D eigenvalue weighted by Crippen LogP contribution is -2.59. The maximum atomic E-state index is 14.3. The monoisotopic (exact) mass is 527 g/mol. The summed E-state index contributed by atoms with van der Waals surface area (Å²) in [5.41, 5.74) is -0.889. The van der Waals surface area contributed by atoms with Crippen LogP contribution in [0.5, 0.6) is 0 Å². The van der Waals surface area contributed by atoms with Gasteiger partial charge >= 0.3 is 0 Å². The van der Waals surface area contributed by atoms with E-state index >= 15 is 0 Å². The van der Waals surface area contributed by atoms with Gasteiger partial charge in [-0.05, 0) is 50.5 Å². The van der Waals surface area contributed by atoms with Gasteiger partial charge in [0.15, 0.2) is 0 Å². The highest BCUT2D eigenvalue weighted by molar-refractivity contribution is 5.99. The van der Waals surface area contributed by atoms with Gasteiger partial charge in [-0.1, -0.05) is 64.4 Å². The molecule has 1 aromatic rings. The first-order valence-corrected chi connectivity index (χ1v) is 14.4. The maximum Gasteiger partial charge on any atom is 0.246 e. The Morgan fingerprint density at radius 3 is 2.45 bits per heavy atom. The summed E-state index contributed by atoms with van der Waals surface area (Å²) in [4.78, 5) is 43.6. The average Bonchev–Trinajstić information content (AvgIpc) is 3.50. The van der Waals surface area contributed by atoms with E-state index < -0.39 is 35.1 Å². The number of likely N-dealkylation sites (tertiary alicyclic amines) is 1. The number of carbonyl (C=O) groups is 3. The number of hydrogen-bond acceptors (Lipinski definition) is 5. The first-order chi connectivity index (χ1) is 18.1. The van der Waals surface area contributed by atoms with Crippen LogP contribution in [0.2, 0.25) is 0 Å². The number of carbonyl (C=O) groups excluding carboxylic acids is 3. The predicted octanol–water partition coefficient (Wildman–Crippen LogP) is 3.17. The van der Waals surface area contributed by atoms with Crippen LogP contribution >= 0.6 is 0 Å². The van der Waals surface area contributed by atoms with Crippen LogP contribution in [-0.4, -0.2) is 63.7 Å². The Kier molecular flexibility index (Phi) is 8.52. The van der Waals surface area contributed by atoms with E-state index in [1.165, 1.54) is 0 Å². The van der Waals surface area contributed by atoms with E-state index in [1.54, 1.807) is 4.90 Å². The molecule has 0 radical (unpaired) electrons. The van der Waals surface area contributed by atoms with Gasteiger partial charge in [0.25, 0.3) is 0 Å². The highest BCUT2D eigenvalue weighted by Crippen LogP contribution is 2.64. The quantitative estimate of drug-likeness (QED) is 0.387. The Morgan fingerprint density at radius 1 is 1.13 bits per heavy atom. The van der Waals surface area contributed by atoms with E-state index in [0.717, 1.165) is 18.4 Å². The van der Waals surface area contributed by atoms with E-state index in [4.69, 9.17) is 4.74 Å². The summed E-state index contributed by atoms with van der Waals surface area (Å²) >= 11 is 0. The van der Waals surface area contributed by atoms with Crippen molar-refractivity contribution >= 4 is 17.7 Å². The van der Waals surface area contributed by atoms with Gasteiger partial charge in [-0.3, -0.25) is 14.4 Å². The molecular weight excluding hydrogens is 482 g/mol. The molecule has 0 aromatic heterocycles. The summed E-state index contributed by atoms with van der Waals surface area (Å²) in [5.74, 6) is -1.94. The summed E-state index contributed by atoms with van der Waals surface area (Å²) in [7, 11) is 0. The molecule has 8 nitrogen and oxygen atoms in total. The molecule has 38 heavy (non-hydrogen) atoms. The molecule has 3 aliphatic rings. The minimum absolute atomic E-state index is 0.0544. The molecule has 210 valence electrons. The Labute approximate surface area is 226 Å². The molecule has 3 amide bonds. The second-order valence-corrected chi connectivity index (χ2v) is 11.9. The Balaban J connectivity index is 1.71. The van der Waals surface area contributed by atoms with Crippen LogP contribution in [0.25, 0.3) is 0 Å². The number of amides is 3. The van der Waals surface area contributed by atoms with Gasteiger partial charge in [0.2, 0.25) is 17.7 Å². The van der Waals surface area contributed by atoms with Crippen LogP contribution < -0.4 is 10.6 Å². The van der Waals surface area contributed by atoms with Gasteiger partial charge in [-0.15, -0.1) is 0 Å². The number of ether oxygens (including phenoxy) is 1. The van der Waals surface area contributed by atoms with Crippen LogP contribution in [0, 0.1) is 17.8 Å². The molecule has 8 heteroatoms. The third-order valence-corrected chi connectivity index (χ3v) is 8.92. The molecule has 1 spiro atoms. The lowest BCUT2D eigenvalue weighted by Gasteiger charge is -2.38. The summed E-state index contributed by atoms with van der Waals surface area (Å²) in [6, 6.07) is 8.23. The zero-order chi connectivity index (χ0) is 27.7. The van der Waals surface area contributed by atoms with E-state index in [2.05, 4.69) is 17.6 Å². The maximum absolute atomic E-state index is 14.3. The van der Waals surface area contributed by atoms with E-state index in [-0.39, 0.29) is 36.3 Å². The third-order valence-electron chi connectivity index (χ3n) is 8.92. The minimum Gasteiger partial charge on any atom is -0.394 e. The van der Waals surface area contributed by atoms with Crippen LogP contribution in [0.4, 0.5) is 0 Å². The van der Waals surface area contributed by atoms with Gasteiger partial charge in [-0.25, -0.2) is 0 Å². The molecule has 3 aliphatic heterocycles. The zero-order valence-electron chi connectivity index (χ0n) is 23.5. The number of aliphatic hydroxyl groups is 1. The minimum atomic E-state index is -1.08. The molecule has 3 N–H and O–H groups in total. The van der Waals surface area contributed by atoms with E-state index in [9.17, 15) is 19.5 Å². The topological polar surface area (TPSA) is 108 Å². The summed E-state index contributed by atoms with van der Waals surface area (Å²) in [6.45, 7) is 10.2. The fraction of sp³-hybridized carbons (Fsp3) is 0.700. The van der Waals surface area contributed by atoms with E-state index in [0.29, 0.717) is 32.2 Å². The zero-order valence-corrected chi connectivity index (χ0v) is 23.5. The SMILES string of the molecule is CCCC(C)NC(=O)C1N([C@@H](CO)CC(C)C)C(=O)[C@@H]2[C@H](C(=O)NCc3ccccc3)[C@]3(CC)CCC12O3. The largest absolute Gasteiger partial charge is 0.394 e. The Hall–Kier alpha value is -2.45. The lowest BCUT2D eigenvalue weighted by molar-refractivity contribution is -0.151. The number of hydrogen-bond donors (Lipinski definition) is 3. The number of benzene rings is 1. The van der Waals surface area contributed by atoms with Crippen LogP contribution in [-0.2, 0) is 25.7 Å². The summed E-state index contributed by atoms with van der Waals surface area (Å²) < 4.78 is 6.82. The van der Waals surface area contributed by atoms with Crippen molar-refractivity contribution in [2.45, 2.75) is 109 Å². The van der Waals surface area contributed by atoms with Crippen LogP contribution in [0.15, 0.2) is 30.3 Å². The van der Waals surface area contributed by atoms with Crippen molar-refractivity contribution < 1.29 is 24.2 Å². The highest BCUT2D eigenvalue weighted by atomic mass is 16.5. The first-order valence-electron chi connectivity index (χ1n) is 14.4. The second-order valence-electron chi connectivity index (χ2n) is 11.9. The number of aliphatic hydroxyl groups excluding tert-OH is 1. The van der Waals surface area contributed by atoms with Crippen molar-refractivity contribution in [3.8, 4) is 0 Å². The molecule has 7 atom stereocenters. The Bertz CT molecular complexity index is 1020. The molecule has 0 aliphatic carbocycles. The van der Waals surface area contributed by atoms with Crippen molar-refractivity contribution in [3.05, 3.63) is 35.9 Å². The van der Waals surface area contributed by atoms with Gasteiger partial charge in [0.05, 0.1) is 30.1 Å². The average molecular weight is 528 g/mol. The molecule has 2 bridgehead atoms. The van der Waals surface area contributed by atoms with Crippen LogP contribution in [0.3, 0.4) is 0 Å². The third kappa shape index (κ3) is 4.86. The standard InChI is InChI=1S/C30H45N3O5/c1-6-11-20(5)32-27(36)25-30-15-14-29(7-2,38-30)23(26(35)31-17-21-12-9-8-10-13-21)24(30)28(37)33(25)22(18-34)16-19(3)4/h8-10,12-13,19-20,22-25,34H,6-7,11,14-18H2,1-5H3,(H,31,35)(H,32,36)/t20?,22-,23-,24+,25?,29+,30?/m1/s1. The van der Waals surface area contributed by atoms with Gasteiger partial charge in [-0.2, -0.15) is 0 Å². The van der Waals surface area contributed by atoms with Gasteiger partial charge in [0, 0.05) is 12.6 Å². The summed E-state index contributed by atoms with van der Waals surface area (Å²) in [5, 5.41) is 16.6. The van der Waals surface area contributed by atoms with Crippen molar-refractivity contribution in [3.63, 3.8) is 0 Å². The number of nitrogens with one attached hydrogen (secondary N) is 2. The Morgan fingerprint density at radius 2 is 1.84 bits per heavy atom. The number of rotatable bonds is 12. The van der Waals surface area contributed by atoms with Crippen molar-refractivity contribution in [1.29, 1.82) is 0 Å². The van der Waals surface area contributed by atoms with Gasteiger partial charge in [0.1, 0.15) is 11.6 Å². The normalized spacial score (nSPS) is 31.4. The summed E-state index contributed by atoms with van der Waals surface area (Å²) in [6.07, 6.45) is 4.04. The fourth-order valence-electron chi connectivity index (χ4n) is 7.29. The van der Waals surface area contributed by atoms with Crippen molar-refractivity contribution in [2.24, 2.45) is 17.8 Å². The molecule has 3 fully saturated rings. The number of nitrogens with zero attached hydrogens (tertiary/aromatic N) is 1. The van der Waals surface area contributed by atoms with Crippen molar-refractivity contribution in [2.75, 3.05) is 6.61 Å². The molecule has 0 saturated carbocycles. The molecular formula is C30H45N3O5. The molecule has 4 rings (SSSR count). The smallest absolute Gasteiger partial charge is 0.246 e. The second kappa shape index (κ2) is 11.3. The molecule has 3 unspecified atom stereocenters.